The fraction of sp³-hybridized carbons (Fsp3) is 0.545. The van der Waals surface area contributed by atoms with Crippen molar-refractivity contribution in [3.63, 3.8) is 0 Å². The maximum Gasteiger partial charge on any atom is 0.147 e. The van der Waals surface area contributed by atoms with Gasteiger partial charge in [-0.15, -0.1) is 0 Å². The van der Waals surface area contributed by atoms with Crippen LogP contribution in [0.5, 0.6) is 5.75 Å². The van der Waals surface area contributed by atoms with E-state index in [0.29, 0.717) is 11.4 Å². The molecular formula is C11H17N3O2. The van der Waals surface area contributed by atoms with Crippen LogP contribution in [0.4, 0.5) is 11.5 Å². The molecule has 1 atom stereocenters. The number of nitrogen functional groups attached to an aromatic ring is 1. The lowest BCUT2D eigenvalue weighted by Crippen LogP contribution is -2.41. The fourth-order valence-electron chi connectivity index (χ4n) is 1.81. The van der Waals surface area contributed by atoms with E-state index in [2.05, 4.69) is 16.8 Å². The second-order valence-electron chi connectivity index (χ2n) is 3.91. The van der Waals surface area contributed by atoms with Crippen molar-refractivity contribution in [2.24, 2.45) is 0 Å². The maximum atomic E-state index is 5.73. The Kier molecular flexibility index (Phi) is 3.14. The Morgan fingerprint density at radius 3 is 3.12 bits per heavy atom. The summed E-state index contributed by atoms with van der Waals surface area (Å²) < 4.78 is 10.7. The van der Waals surface area contributed by atoms with Crippen LogP contribution in [0.3, 0.4) is 0 Å². The Bertz CT molecular complexity index is 370. The Balaban J connectivity index is 2.19. The van der Waals surface area contributed by atoms with Crippen LogP contribution in [0.15, 0.2) is 12.3 Å². The highest BCUT2D eigenvalue weighted by molar-refractivity contribution is 5.57. The minimum absolute atomic E-state index is 0.235. The zero-order valence-electron chi connectivity index (χ0n) is 9.64. The number of nitrogens with two attached hydrogens (primary N) is 1. The van der Waals surface area contributed by atoms with Crippen molar-refractivity contribution in [2.45, 2.75) is 13.0 Å². The van der Waals surface area contributed by atoms with Crippen molar-refractivity contribution in [3.8, 4) is 5.75 Å². The van der Waals surface area contributed by atoms with E-state index >= 15 is 0 Å². The topological polar surface area (TPSA) is 60.6 Å². The molecular weight excluding hydrogens is 206 g/mol. The van der Waals surface area contributed by atoms with E-state index in [9.17, 15) is 0 Å². The molecule has 2 N–H and O–H groups in total. The highest BCUT2D eigenvalue weighted by Crippen LogP contribution is 2.25. The quantitative estimate of drug-likeness (QED) is 0.807. The summed E-state index contributed by atoms with van der Waals surface area (Å²) in [5.74, 6) is 1.56. The molecule has 0 aliphatic carbocycles. The van der Waals surface area contributed by atoms with Gasteiger partial charge in [0.1, 0.15) is 11.6 Å². The normalized spacial score (nSPS) is 20.9. The summed E-state index contributed by atoms with van der Waals surface area (Å²) in [4.78, 5) is 6.49. The van der Waals surface area contributed by atoms with Crippen LogP contribution in [0.25, 0.3) is 0 Å². The molecule has 1 aliphatic heterocycles. The molecule has 1 fully saturated rings. The van der Waals surface area contributed by atoms with Gasteiger partial charge in [0.2, 0.25) is 0 Å². The van der Waals surface area contributed by atoms with E-state index in [1.807, 2.05) is 6.07 Å². The van der Waals surface area contributed by atoms with Crippen LogP contribution < -0.4 is 15.4 Å². The van der Waals surface area contributed by atoms with Crippen LogP contribution in [0, 0.1) is 0 Å². The molecule has 1 aromatic rings. The number of nitrogens with zero attached hydrogens (tertiary/aromatic N) is 2. The first kappa shape index (κ1) is 11.0. The van der Waals surface area contributed by atoms with Crippen LogP contribution in [-0.4, -0.2) is 37.9 Å². The molecule has 1 unspecified atom stereocenters. The molecule has 0 amide bonds. The molecule has 1 aromatic heterocycles. The monoisotopic (exact) mass is 223 g/mol. The Morgan fingerprint density at radius 1 is 1.62 bits per heavy atom. The minimum atomic E-state index is 0.235. The van der Waals surface area contributed by atoms with Gasteiger partial charge in [0.15, 0.2) is 0 Å². The van der Waals surface area contributed by atoms with Crippen LogP contribution >= 0.6 is 0 Å². The molecule has 0 aromatic carbocycles. The second-order valence-corrected chi connectivity index (χ2v) is 3.91. The van der Waals surface area contributed by atoms with Gasteiger partial charge in [-0.1, -0.05) is 0 Å². The maximum absolute atomic E-state index is 5.73. The Hall–Kier alpha value is -1.49. The number of pyridine rings is 1. The van der Waals surface area contributed by atoms with Gasteiger partial charge in [-0.2, -0.15) is 0 Å². The van der Waals surface area contributed by atoms with Crippen molar-refractivity contribution in [2.75, 3.05) is 37.4 Å². The molecule has 0 radical (unpaired) electrons. The summed E-state index contributed by atoms with van der Waals surface area (Å²) >= 11 is 0. The molecule has 5 nitrogen and oxygen atoms in total. The fourth-order valence-corrected chi connectivity index (χ4v) is 1.81. The van der Waals surface area contributed by atoms with Gasteiger partial charge in [-0.05, 0) is 6.92 Å². The Morgan fingerprint density at radius 2 is 2.44 bits per heavy atom. The molecule has 0 bridgehead atoms. The Labute approximate surface area is 95.2 Å². The summed E-state index contributed by atoms with van der Waals surface area (Å²) in [6, 6.07) is 1.87. The number of methoxy groups -OCH3 is 1. The number of ether oxygens (including phenoxy) is 2. The lowest BCUT2D eigenvalue weighted by Gasteiger charge is -2.32. The van der Waals surface area contributed by atoms with Gasteiger partial charge >= 0.3 is 0 Å². The SMILES string of the molecule is COc1cc(N2CCOC(C)C2)ncc1N. The van der Waals surface area contributed by atoms with Crippen LogP contribution in [0.2, 0.25) is 0 Å². The third-order valence-corrected chi connectivity index (χ3v) is 2.67. The first-order valence-electron chi connectivity index (χ1n) is 5.36. The van der Waals surface area contributed by atoms with Gasteiger partial charge < -0.3 is 20.1 Å². The molecule has 2 rings (SSSR count). The molecule has 1 saturated heterocycles. The van der Waals surface area contributed by atoms with Gasteiger partial charge in [0, 0.05) is 19.2 Å². The average Bonchev–Trinajstić information content (AvgIpc) is 2.29. The van der Waals surface area contributed by atoms with Gasteiger partial charge in [-0.3, -0.25) is 0 Å². The third-order valence-electron chi connectivity index (χ3n) is 2.67. The number of anilines is 2. The summed E-state index contributed by atoms with van der Waals surface area (Å²) in [6.45, 7) is 4.49. The third kappa shape index (κ3) is 2.19. The molecule has 16 heavy (non-hydrogen) atoms. The van der Waals surface area contributed by atoms with Crippen LogP contribution in [-0.2, 0) is 4.74 Å². The molecule has 2 heterocycles. The van der Waals surface area contributed by atoms with Gasteiger partial charge in [0.25, 0.3) is 0 Å². The number of rotatable bonds is 2. The predicted octanol–water partition coefficient (Wildman–Crippen LogP) is 0.897. The molecule has 0 spiro atoms. The second kappa shape index (κ2) is 4.57. The molecule has 88 valence electrons. The first-order valence-corrected chi connectivity index (χ1v) is 5.36. The lowest BCUT2D eigenvalue weighted by atomic mass is 10.3. The van der Waals surface area contributed by atoms with E-state index in [4.69, 9.17) is 15.2 Å². The largest absolute Gasteiger partial charge is 0.494 e. The lowest BCUT2D eigenvalue weighted by molar-refractivity contribution is 0.0529. The zero-order valence-corrected chi connectivity index (χ0v) is 9.64. The first-order chi connectivity index (χ1) is 7.70. The highest BCUT2D eigenvalue weighted by Gasteiger charge is 2.18. The van der Waals surface area contributed by atoms with E-state index in [1.165, 1.54) is 0 Å². The number of morpholine rings is 1. The standard InChI is InChI=1S/C11H17N3O2/c1-8-7-14(3-4-16-8)11-5-10(15-2)9(12)6-13-11/h5-6,8H,3-4,7,12H2,1-2H3. The van der Waals surface area contributed by atoms with E-state index in [0.717, 1.165) is 25.5 Å². The minimum Gasteiger partial charge on any atom is -0.494 e. The number of hydrogen-bond acceptors (Lipinski definition) is 5. The van der Waals surface area contributed by atoms with Crippen molar-refractivity contribution in [1.29, 1.82) is 0 Å². The molecule has 5 heteroatoms. The smallest absolute Gasteiger partial charge is 0.147 e. The average molecular weight is 223 g/mol. The van der Waals surface area contributed by atoms with Crippen LogP contribution in [0.1, 0.15) is 6.92 Å². The van der Waals surface area contributed by atoms with Crippen molar-refractivity contribution >= 4 is 11.5 Å². The summed E-state index contributed by atoms with van der Waals surface area (Å²) in [6.07, 6.45) is 1.87. The summed E-state index contributed by atoms with van der Waals surface area (Å²) in [5.41, 5.74) is 6.29. The summed E-state index contributed by atoms with van der Waals surface area (Å²) in [7, 11) is 1.61. The van der Waals surface area contributed by atoms with E-state index in [-0.39, 0.29) is 6.10 Å². The molecule has 0 saturated carbocycles. The highest BCUT2D eigenvalue weighted by atomic mass is 16.5. The molecule has 1 aliphatic rings. The van der Waals surface area contributed by atoms with Crippen molar-refractivity contribution in [1.82, 2.24) is 4.98 Å². The predicted molar refractivity (Wildman–Crippen MR) is 62.8 cm³/mol. The van der Waals surface area contributed by atoms with Crippen molar-refractivity contribution < 1.29 is 9.47 Å². The number of hydrogen-bond donors (Lipinski definition) is 1. The zero-order chi connectivity index (χ0) is 11.5. The van der Waals surface area contributed by atoms with E-state index in [1.54, 1.807) is 13.3 Å². The van der Waals surface area contributed by atoms with Gasteiger partial charge in [-0.25, -0.2) is 4.98 Å². The van der Waals surface area contributed by atoms with Crippen molar-refractivity contribution in [3.05, 3.63) is 12.3 Å². The van der Waals surface area contributed by atoms with Gasteiger partial charge in [0.05, 0.1) is 31.7 Å². The summed E-state index contributed by atoms with van der Waals surface area (Å²) in [5, 5.41) is 0. The number of aromatic nitrogens is 1. The van der Waals surface area contributed by atoms with E-state index < -0.39 is 0 Å².